The van der Waals surface area contributed by atoms with E-state index in [0.29, 0.717) is 10.6 Å². The van der Waals surface area contributed by atoms with Gasteiger partial charge >= 0.3 is 0 Å². The third-order valence-electron chi connectivity index (χ3n) is 5.10. The molecule has 144 valence electrons. The Kier molecular flexibility index (Phi) is 5.64. The molecule has 2 aromatic carbocycles. The van der Waals surface area contributed by atoms with Gasteiger partial charge in [0.15, 0.2) is 5.13 Å². The number of aromatic nitrogens is 1. The number of thiazole rings is 1. The summed E-state index contributed by atoms with van der Waals surface area (Å²) in [5, 5.41) is 6.53. The van der Waals surface area contributed by atoms with Crippen LogP contribution in [-0.4, -0.2) is 24.0 Å². The molecule has 0 radical (unpaired) electrons. The van der Waals surface area contributed by atoms with Crippen LogP contribution in [0.3, 0.4) is 0 Å². The Labute approximate surface area is 174 Å². The van der Waals surface area contributed by atoms with E-state index < -0.39 is 0 Å². The molecular formula is C22H22ClN3OS. The van der Waals surface area contributed by atoms with E-state index in [-0.39, 0.29) is 5.91 Å². The molecule has 4 nitrogen and oxygen atoms in total. The van der Waals surface area contributed by atoms with E-state index in [1.165, 1.54) is 12.8 Å². The zero-order chi connectivity index (χ0) is 19.5. The van der Waals surface area contributed by atoms with Crippen molar-refractivity contribution in [3.8, 4) is 11.3 Å². The number of piperidine rings is 1. The van der Waals surface area contributed by atoms with E-state index in [4.69, 9.17) is 16.6 Å². The second-order valence-electron chi connectivity index (χ2n) is 7.20. The Morgan fingerprint density at radius 3 is 2.57 bits per heavy atom. The van der Waals surface area contributed by atoms with Crippen molar-refractivity contribution < 1.29 is 4.79 Å². The first-order valence-corrected chi connectivity index (χ1v) is 10.7. The van der Waals surface area contributed by atoms with Gasteiger partial charge in [0.2, 0.25) is 0 Å². The van der Waals surface area contributed by atoms with Crippen molar-refractivity contribution in [3.63, 3.8) is 0 Å². The highest BCUT2D eigenvalue weighted by Gasteiger charge is 2.18. The highest BCUT2D eigenvalue weighted by molar-refractivity contribution is 7.14. The molecule has 0 saturated carbocycles. The van der Waals surface area contributed by atoms with Gasteiger partial charge in [-0.3, -0.25) is 4.79 Å². The van der Waals surface area contributed by atoms with Gasteiger partial charge in [-0.05, 0) is 43.0 Å². The number of benzene rings is 2. The minimum absolute atomic E-state index is 0.214. The summed E-state index contributed by atoms with van der Waals surface area (Å²) >= 11 is 7.79. The van der Waals surface area contributed by atoms with Gasteiger partial charge in [-0.15, -0.1) is 11.3 Å². The minimum atomic E-state index is -0.214. The molecule has 0 spiro atoms. The lowest BCUT2D eigenvalue weighted by atomic mass is 10.00. The quantitative estimate of drug-likeness (QED) is 0.576. The third-order valence-corrected chi connectivity index (χ3v) is 6.33. The van der Waals surface area contributed by atoms with Crippen molar-refractivity contribution in [2.75, 3.05) is 23.3 Å². The average Bonchev–Trinajstić information content (AvgIpc) is 3.19. The summed E-state index contributed by atoms with van der Waals surface area (Å²) in [5.41, 5.74) is 3.22. The van der Waals surface area contributed by atoms with Gasteiger partial charge in [0, 0.05) is 29.7 Å². The summed E-state index contributed by atoms with van der Waals surface area (Å²) in [6.07, 6.45) is 2.46. The molecule has 0 bridgehead atoms. The molecule has 1 fully saturated rings. The van der Waals surface area contributed by atoms with Gasteiger partial charge in [-0.1, -0.05) is 42.8 Å². The van der Waals surface area contributed by atoms with Crippen LogP contribution in [0.15, 0.2) is 53.9 Å². The van der Waals surface area contributed by atoms with Gasteiger partial charge < -0.3 is 10.2 Å². The number of carbonyl (C=O) groups is 1. The molecule has 0 aliphatic carbocycles. The smallest absolute Gasteiger partial charge is 0.257 e. The van der Waals surface area contributed by atoms with Crippen molar-refractivity contribution in [2.45, 2.75) is 19.8 Å². The van der Waals surface area contributed by atoms with Crippen molar-refractivity contribution in [1.29, 1.82) is 0 Å². The average molecular weight is 412 g/mol. The molecule has 28 heavy (non-hydrogen) atoms. The monoisotopic (exact) mass is 411 g/mol. The largest absolute Gasteiger partial charge is 0.348 e. The standard InChI is InChI=1S/C22H22ClN3OS/c1-15-10-12-26(13-11-15)22-25-20(14-28-22)16-6-8-17(9-7-16)24-21(27)18-4-2-3-5-19(18)23/h2-9,14-15H,10-13H2,1H3,(H,24,27). The zero-order valence-corrected chi connectivity index (χ0v) is 17.3. The van der Waals surface area contributed by atoms with Crippen LogP contribution >= 0.6 is 22.9 Å². The van der Waals surface area contributed by atoms with Crippen LogP contribution in [0.2, 0.25) is 5.02 Å². The van der Waals surface area contributed by atoms with E-state index in [1.54, 1.807) is 35.6 Å². The predicted molar refractivity (Wildman–Crippen MR) is 118 cm³/mol. The highest BCUT2D eigenvalue weighted by atomic mass is 35.5. The van der Waals surface area contributed by atoms with Crippen LogP contribution in [0.4, 0.5) is 10.8 Å². The molecule has 0 atom stereocenters. The maximum atomic E-state index is 12.4. The number of hydrogen-bond donors (Lipinski definition) is 1. The molecule has 1 aliphatic heterocycles. The molecule has 1 saturated heterocycles. The Hall–Kier alpha value is -2.37. The summed E-state index contributed by atoms with van der Waals surface area (Å²) in [7, 11) is 0. The van der Waals surface area contributed by atoms with Crippen LogP contribution < -0.4 is 10.2 Å². The van der Waals surface area contributed by atoms with E-state index in [1.807, 2.05) is 24.3 Å². The number of carbonyl (C=O) groups excluding carboxylic acids is 1. The Balaban J connectivity index is 1.44. The number of nitrogens with zero attached hydrogens (tertiary/aromatic N) is 2. The molecule has 0 unspecified atom stereocenters. The first-order valence-electron chi connectivity index (χ1n) is 9.47. The van der Waals surface area contributed by atoms with Gasteiger partial charge in [-0.25, -0.2) is 4.98 Å². The molecule has 6 heteroatoms. The highest BCUT2D eigenvalue weighted by Crippen LogP contribution is 2.30. The third kappa shape index (κ3) is 4.21. The summed E-state index contributed by atoms with van der Waals surface area (Å²) in [6, 6.07) is 14.8. The van der Waals surface area contributed by atoms with Crippen LogP contribution in [-0.2, 0) is 0 Å². The van der Waals surface area contributed by atoms with Gasteiger partial charge in [0.25, 0.3) is 5.91 Å². The van der Waals surface area contributed by atoms with E-state index in [2.05, 4.69) is 22.5 Å². The fraction of sp³-hybridized carbons (Fsp3) is 0.273. The van der Waals surface area contributed by atoms with E-state index in [9.17, 15) is 4.79 Å². The summed E-state index contributed by atoms with van der Waals surface area (Å²) in [5.74, 6) is 0.595. The van der Waals surface area contributed by atoms with Crippen molar-refractivity contribution >= 4 is 39.7 Å². The fourth-order valence-corrected chi connectivity index (χ4v) is 4.42. The SMILES string of the molecule is CC1CCN(c2nc(-c3ccc(NC(=O)c4ccccc4Cl)cc3)cs2)CC1. The Morgan fingerprint density at radius 2 is 1.86 bits per heavy atom. The number of hydrogen-bond acceptors (Lipinski definition) is 4. The summed E-state index contributed by atoms with van der Waals surface area (Å²) in [6.45, 7) is 4.49. The summed E-state index contributed by atoms with van der Waals surface area (Å²) in [4.78, 5) is 19.6. The molecule has 4 rings (SSSR count). The molecule has 3 aromatic rings. The number of anilines is 2. The normalized spacial score (nSPS) is 14.9. The number of nitrogens with one attached hydrogen (secondary N) is 1. The molecular weight excluding hydrogens is 390 g/mol. The lowest BCUT2D eigenvalue weighted by Gasteiger charge is -2.29. The van der Waals surface area contributed by atoms with Crippen LogP contribution in [0, 0.1) is 5.92 Å². The molecule has 1 aliphatic rings. The topological polar surface area (TPSA) is 45.2 Å². The molecule has 1 N–H and O–H groups in total. The maximum absolute atomic E-state index is 12.4. The Morgan fingerprint density at radius 1 is 1.14 bits per heavy atom. The van der Waals surface area contributed by atoms with Gasteiger partial charge in [-0.2, -0.15) is 0 Å². The zero-order valence-electron chi connectivity index (χ0n) is 15.7. The van der Waals surface area contributed by atoms with Gasteiger partial charge in [0.05, 0.1) is 16.3 Å². The molecule has 1 amide bonds. The van der Waals surface area contributed by atoms with Crippen LogP contribution in [0.1, 0.15) is 30.1 Å². The first kappa shape index (κ1) is 19.0. The fourth-order valence-electron chi connectivity index (χ4n) is 3.31. The summed E-state index contributed by atoms with van der Waals surface area (Å²) < 4.78 is 0. The minimum Gasteiger partial charge on any atom is -0.348 e. The number of rotatable bonds is 4. The number of amides is 1. The van der Waals surface area contributed by atoms with Crippen LogP contribution in [0.25, 0.3) is 11.3 Å². The van der Waals surface area contributed by atoms with Gasteiger partial charge in [0.1, 0.15) is 0 Å². The Bertz CT molecular complexity index is 962. The molecule has 1 aromatic heterocycles. The second kappa shape index (κ2) is 8.33. The van der Waals surface area contributed by atoms with Crippen LogP contribution in [0.5, 0.6) is 0 Å². The van der Waals surface area contributed by atoms with E-state index >= 15 is 0 Å². The first-order chi connectivity index (χ1) is 13.6. The van der Waals surface area contributed by atoms with Crippen molar-refractivity contribution in [1.82, 2.24) is 4.98 Å². The van der Waals surface area contributed by atoms with Crippen molar-refractivity contribution in [3.05, 3.63) is 64.5 Å². The lowest BCUT2D eigenvalue weighted by Crippen LogP contribution is -2.32. The second-order valence-corrected chi connectivity index (χ2v) is 8.44. The van der Waals surface area contributed by atoms with E-state index in [0.717, 1.165) is 41.1 Å². The lowest BCUT2D eigenvalue weighted by molar-refractivity contribution is 0.102. The predicted octanol–water partition coefficient (Wildman–Crippen LogP) is 5.95. The maximum Gasteiger partial charge on any atom is 0.257 e. The molecule has 2 heterocycles. The number of halogens is 1. The van der Waals surface area contributed by atoms with Crippen molar-refractivity contribution in [2.24, 2.45) is 5.92 Å².